The van der Waals surface area contributed by atoms with Gasteiger partial charge in [0.05, 0.1) is 16.0 Å². The van der Waals surface area contributed by atoms with E-state index < -0.39 is 5.25 Å². The quantitative estimate of drug-likeness (QED) is 0.497. The van der Waals surface area contributed by atoms with Crippen molar-refractivity contribution in [1.82, 2.24) is 15.2 Å². The normalized spacial score (nSPS) is 12.3. The van der Waals surface area contributed by atoms with Crippen LogP contribution in [-0.2, 0) is 0 Å². The zero-order valence-electron chi connectivity index (χ0n) is 13.2. The van der Waals surface area contributed by atoms with Gasteiger partial charge < -0.3 is 4.42 Å². The van der Waals surface area contributed by atoms with Gasteiger partial charge in [-0.3, -0.25) is 4.79 Å². The van der Waals surface area contributed by atoms with Gasteiger partial charge in [0.25, 0.3) is 11.1 Å². The van der Waals surface area contributed by atoms with E-state index in [-0.39, 0.29) is 11.6 Å². The van der Waals surface area contributed by atoms with Gasteiger partial charge in [-0.2, -0.15) is 0 Å². The van der Waals surface area contributed by atoms with Gasteiger partial charge in [-0.25, -0.2) is 9.37 Å². The number of rotatable bonds is 5. The number of carbonyl (C=O) groups excluding carboxylic acids is 1. The van der Waals surface area contributed by atoms with E-state index in [0.29, 0.717) is 16.7 Å². The SMILES string of the molecule is Cc1nc(C)c(-c2nnc(SC(C)C(=O)c3ccc(F)cc3)o2)s1. The Labute approximate surface area is 146 Å². The molecule has 0 bridgehead atoms. The van der Waals surface area contributed by atoms with Crippen LogP contribution in [0.4, 0.5) is 4.39 Å². The fourth-order valence-electron chi connectivity index (χ4n) is 2.13. The van der Waals surface area contributed by atoms with Gasteiger partial charge in [0.15, 0.2) is 5.78 Å². The highest BCUT2D eigenvalue weighted by Gasteiger charge is 2.21. The van der Waals surface area contributed by atoms with Crippen LogP contribution in [0.5, 0.6) is 0 Å². The molecule has 124 valence electrons. The van der Waals surface area contributed by atoms with Crippen LogP contribution < -0.4 is 0 Å². The van der Waals surface area contributed by atoms with Gasteiger partial charge >= 0.3 is 0 Å². The van der Waals surface area contributed by atoms with E-state index >= 15 is 0 Å². The summed E-state index contributed by atoms with van der Waals surface area (Å²) in [5, 5.41) is 8.84. The number of aryl methyl sites for hydroxylation is 2. The monoisotopic (exact) mass is 363 g/mol. The van der Waals surface area contributed by atoms with Crippen LogP contribution in [0.1, 0.15) is 28.0 Å². The van der Waals surface area contributed by atoms with Gasteiger partial charge in [0.1, 0.15) is 10.7 Å². The molecule has 0 saturated carbocycles. The van der Waals surface area contributed by atoms with Crippen molar-refractivity contribution in [3.63, 3.8) is 0 Å². The van der Waals surface area contributed by atoms with Gasteiger partial charge in [0.2, 0.25) is 0 Å². The predicted molar refractivity (Wildman–Crippen MR) is 90.9 cm³/mol. The summed E-state index contributed by atoms with van der Waals surface area (Å²) in [4.78, 5) is 17.5. The Kier molecular flexibility index (Phi) is 4.77. The van der Waals surface area contributed by atoms with Crippen molar-refractivity contribution in [3.8, 4) is 10.8 Å². The minimum Gasteiger partial charge on any atom is -0.410 e. The van der Waals surface area contributed by atoms with Crippen molar-refractivity contribution in [1.29, 1.82) is 0 Å². The Morgan fingerprint density at radius 3 is 2.58 bits per heavy atom. The fourth-order valence-corrected chi connectivity index (χ4v) is 3.73. The molecule has 0 spiro atoms. The lowest BCUT2D eigenvalue weighted by Crippen LogP contribution is -2.13. The van der Waals surface area contributed by atoms with Gasteiger partial charge in [-0.15, -0.1) is 21.5 Å². The first kappa shape index (κ1) is 16.8. The third-order valence-corrected chi connectivity index (χ3v) is 5.27. The molecule has 2 heterocycles. The maximum Gasteiger partial charge on any atom is 0.277 e. The van der Waals surface area contributed by atoms with Gasteiger partial charge in [0, 0.05) is 5.56 Å². The minimum absolute atomic E-state index is 0.121. The van der Waals surface area contributed by atoms with E-state index in [4.69, 9.17) is 4.42 Å². The van der Waals surface area contributed by atoms with Gasteiger partial charge in [-0.05, 0) is 45.0 Å². The molecule has 0 aliphatic carbocycles. The van der Waals surface area contributed by atoms with E-state index in [9.17, 15) is 9.18 Å². The molecular weight excluding hydrogens is 349 g/mol. The van der Waals surface area contributed by atoms with Crippen LogP contribution in [0.2, 0.25) is 0 Å². The average molecular weight is 363 g/mol. The summed E-state index contributed by atoms with van der Waals surface area (Å²) in [6.45, 7) is 5.55. The van der Waals surface area contributed by atoms with E-state index in [1.54, 1.807) is 6.92 Å². The summed E-state index contributed by atoms with van der Waals surface area (Å²) < 4.78 is 18.6. The number of halogens is 1. The van der Waals surface area contributed by atoms with E-state index in [2.05, 4.69) is 15.2 Å². The van der Waals surface area contributed by atoms with E-state index in [1.807, 2.05) is 13.8 Å². The molecule has 3 rings (SSSR count). The van der Waals surface area contributed by atoms with Crippen molar-refractivity contribution >= 4 is 28.9 Å². The topological polar surface area (TPSA) is 68.9 Å². The second-order valence-electron chi connectivity index (χ2n) is 5.15. The third kappa shape index (κ3) is 3.54. The smallest absolute Gasteiger partial charge is 0.277 e. The molecule has 3 aromatic rings. The van der Waals surface area contributed by atoms with Crippen LogP contribution in [0.25, 0.3) is 10.8 Å². The number of hydrogen-bond acceptors (Lipinski definition) is 7. The predicted octanol–water partition coefficient (Wildman–Crippen LogP) is 4.31. The first-order valence-electron chi connectivity index (χ1n) is 7.18. The first-order valence-corrected chi connectivity index (χ1v) is 8.88. The van der Waals surface area contributed by atoms with Crippen LogP contribution >= 0.6 is 23.1 Å². The highest BCUT2D eigenvalue weighted by atomic mass is 32.2. The summed E-state index contributed by atoms with van der Waals surface area (Å²) in [6, 6.07) is 5.48. The molecular formula is C16H14FN3O2S2. The summed E-state index contributed by atoms with van der Waals surface area (Å²) >= 11 is 2.66. The molecule has 0 aliphatic rings. The number of thiazole rings is 1. The summed E-state index contributed by atoms with van der Waals surface area (Å²) in [5.41, 5.74) is 1.29. The van der Waals surface area contributed by atoms with E-state index in [0.717, 1.165) is 15.6 Å². The maximum atomic E-state index is 12.9. The van der Waals surface area contributed by atoms with Crippen LogP contribution in [0.15, 0.2) is 33.9 Å². The van der Waals surface area contributed by atoms with Crippen molar-refractivity contribution in [2.75, 3.05) is 0 Å². The molecule has 5 nitrogen and oxygen atoms in total. The van der Waals surface area contributed by atoms with Crippen molar-refractivity contribution in [2.45, 2.75) is 31.2 Å². The number of Topliss-reactive ketones (excluding diaryl/α,β-unsaturated/α-hetero) is 1. The number of benzene rings is 1. The second kappa shape index (κ2) is 6.82. The molecule has 1 aromatic carbocycles. The lowest BCUT2D eigenvalue weighted by molar-refractivity contribution is 0.0993. The zero-order valence-corrected chi connectivity index (χ0v) is 14.9. The van der Waals surface area contributed by atoms with Crippen molar-refractivity contribution < 1.29 is 13.6 Å². The number of nitrogens with zero attached hydrogens (tertiary/aromatic N) is 3. The summed E-state index contributed by atoms with van der Waals surface area (Å²) in [6.07, 6.45) is 0. The summed E-state index contributed by atoms with van der Waals surface area (Å²) in [7, 11) is 0. The molecule has 1 unspecified atom stereocenters. The molecule has 0 fully saturated rings. The lowest BCUT2D eigenvalue weighted by atomic mass is 10.1. The molecule has 0 N–H and O–H groups in total. The molecule has 0 aliphatic heterocycles. The molecule has 0 amide bonds. The number of aromatic nitrogens is 3. The Hall–Kier alpha value is -2.06. The number of hydrogen-bond donors (Lipinski definition) is 0. The first-order chi connectivity index (χ1) is 11.4. The Bertz CT molecular complexity index is 874. The molecule has 1 atom stereocenters. The Morgan fingerprint density at radius 1 is 1.25 bits per heavy atom. The van der Waals surface area contributed by atoms with Crippen LogP contribution in [0, 0.1) is 19.7 Å². The summed E-state index contributed by atoms with van der Waals surface area (Å²) in [5.74, 6) is -0.0878. The highest BCUT2D eigenvalue weighted by molar-refractivity contribution is 8.00. The van der Waals surface area contributed by atoms with Crippen LogP contribution in [-0.4, -0.2) is 26.2 Å². The highest BCUT2D eigenvalue weighted by Crippen LogP contribution is 2.32. The van der Waals surface area contributed by atoms with Gasteiger partial charge in [-0.1, -0.05) is 11.8 Å². The van der Waals surface area contributed by atoms with E-state index in [1.165, 1.54) is 47.4 Å². The molecule has 24 heavy (non-hydrogen) atoms. The average Bonchev–Trinajstić information content (AvgIpc) is 3.13. The third-order valence-electron chi connectivity index (χ3n) is 3.28. The number of thioether (sulfide) groups is 1. The maximum absolute atomic E-state index is 12.9. The van der Waals surface area contributed by atoms with Crippen molar-refractivity contribution in [2.24, 2.45) is 0 Å². The Balaban J connectivity index is 1.73. The fraction of sp³-hybridized carbons (Fsp3) is 0.250. The molecule has 8 heteroatoms. The molecule has 0 saturated heterocycles. The number of carbonyl (C=O) groups is 1. The zero-order chi connectivity index (χ0) is 17.3. The molecule has 2 aromatic heterocycles. The Morgan fingerprint density at radius 2 is 1.96 bits per heavy atom. The van der Waals surface area contributed by atoms with Crippen LogP contribution in [0.3, 0.4) is 0 Å². The number of ketones is 1. The molecule has 0 radical (unpaired) electrons. The second-order valence-corrected chi connectivity index (χ2v) is 7.65. The minimum atomic E-state index is -0.423. The van der Waals surface area contributed by atoms with Crippen molar-refractivity contribution in [3.05, 3.63) is 46.3 Å². The standard InChI is InChI=1S/C16H14FN3O2S2/c1-8-14(24-10(3)18-8)15-19-20-16(22-15)23-9(2)13(21)11-4-6-12(17)7-5-11/h4-7,9H,1-3H3. The largest absolute Gasteiger partial charge is 0.410 e. The lowest BCUT2D eigenvalue weighted by Gasteiger charge is -2.07.